The van der Waals surface area contributed by atoms with Crippen molar-refractivity contribution in [3.8, 4) is 10.6 Å². The predicted molar refractivity (Wildman–Crippen MR) is 116 cm³/mol. The molecule has 3 aromatic rings. The lowest BCUT2D eigenvalue weighted by Crippen LogP contribution is -2.26. The van der Waals surface area contributed by atoms with E-state index >= 15 is 0 Å². The maximum atomic E-state index is 11.8. The van der Waals surface area contributed by atoms with E-state index in [1.807, 2.05) is 35.0 Å². The van der Waals surface area contributed by atoms with Gasteiger partial charge in [-0.3, -0.25) is 5.41 Å². The highest BCUT2D eigenvalue weighted by Crippen LogP contribution is 2.34. The lowest BCUT2D eigenvalue weighted by atomic mass is 10.1. The molecule has 0 radical (unpaired) electrons. The topological polar surface area (TPSA) is 86.5 Å². The van der Waals surface area contributed by atoms with E-state index in [0.29, 0.717) is 29.3 Å². The number of benzene rings is 1. The van der Waals surface area contributed by atoms with Gasteiger partial charge < -0.3 is 14.7 Å². The number of amidine groups is 1. The van der Waals surface area contributed by atoms with Gasteiger partial charge in [-0.15, -0.1) is 22.7 Å². The van der Waals surface area contributed by atoms with Gasteiger partial charge in [0.05, 0.1) is 34.9 Å². The third-order valence-corrected chi connectivity index (χ3v) is 6.26. The largest absolute Gasteiger partial charge is 0.510 e. The maximum Gasteiger partial charge on any atom is 0.338 e. The van der Waals surface area contributed by atoms with Gasteiger partial charge in [-0.2, -0.15) is 0 Å². The molecule has 1 aliphatic heterocycles. The van der Waals surface area contributed by atoms with Crippen LogP contribution in [0.1, 0.15) is 27.9 Å². The Hall–Kier alpha value is -2.97. The van der Waals surface area contributed by atoms with Crippen molar-refractivity contribution in [1.29, 1.82) is 5.41 Å². The Balaban J connectivity index is 1.47. The first-order chi connectivity index (χ1) is 14.1. The van der Waals surface area contributed by atoms with E-state index in [1.54, 1.807) is 35.3 Å². The van der Waals surface area contributed by atoms with Gasteiger partial charge in [-0.25, -0.2) is 9.78 Å². The normalized spacial score (nSPS) is 14.0. The van der Waals surface area contributed by atoms with E-state index in [9.17, 15) is 9.90 Å². The quantitative estimate of drug-likeness (QED) is 0.554. The Bertz CT molecular complexity index is 1070. The molecule has 0 amide bonds. The van der Waals surface area contributed by atoms with Crippen molar-refractivity contribution < 1.29 is 14.6 Å². The predicted octanol–water partition coefficient (Wildman–Crippen LogP) is 4.81. The lowest BCUT2D eigenvalue weighted by Gasteiger charge is -2.18. The van der Waals surface area contributed by atoms with Crippen molar-refractivity contribution in [2.45, 2.75) is 13.5 Å². The summed E-state index contributed by atoms with van der Waals surface area (Å²) < 4.78 is 5.00. The number of ether oxygens (including phenoxy) is 1. The number of carbonyl (C=O) groups is 1. The molecule has 0 unspecified atom stereocenters. The summed E-state index contributed by atoms with van der Waals surface area (Å²) in [6.07, 6.45) is 0. The Morgan fingerprint density at radius 2 is 2.07 bits per heavy atom. The van der Waals surface area contributed by atoms with E-state index < -0.39 is 0 Å². The van der Waals surface area contributed by atoms with E-state index in [1.165, 1.54) is 11.3 Å². The number of carbonyl (C=O) groups excluding carboxylic acids is 1. The molecule has 2 aromatic heterocycles. The number of esters is 1. The molecule has 1 aromatic carbocycles. The maximum absolute atomic E-state index is 11.8. The van der Waals surface area contributed by atoms with Crippen LogP contribution in [-0.2, 0) is 11.3 Å². The first-order valence-electron chi connectivity index (χ1n) is 9.08. The van der Waals surface area contributed by atoms with Gasteiger partial charge in [0.15, 0.2) is 0 Å². The van der Waals surface area contributed by atoms with Gasteiger partial charge in [0.2, 0.25) is 0 Å². The zero-order chi connectivity index (χ0) is 20.4. The van der Waals surface area contributed by atoms with Crippen LogP contribution < -0.4 is 0 Å². The molecule has 1 aliphatic rings. The number of nitrogens with zero attached hydrogens (tertiary/aromatic N) is 2. The van der Waals surface area contributed by atoms with E-state index in [4.69, 9.17) is 10.1 Å². The molecule has 0 spiro atoms. The summed E-state index contributed by atoms with van der Waals surface area (Å²) in [7, 11) is 0. The number of aliphatic hydroxyl groups is 1. The van der Waals surface area contributed by atoms with Crippen LogP contribution >= 0.6 is 22.7 Å². The van der Waals surface area contributed by atoms with Gasteiger partial charge in [-0.1, -0.05) is 18.2 Å². The SMILES string of the molecule is CCOC(=O)c1ccc(CN2CC(O)=C(c3nc(-c4cccs4)cs3)C2=N)cc1. The van der Waals surface area contributed by atoms with Crippen LogP contribution in [0.25, 0.3) is 16.1 Å². The average molecular weight is 426 g/mol. The summed E-state index contributed by atoms with van der Waals surface area (Å²) in [6, 6.07) is 11.1. The number of rotatable bonds is 6. The third-order valence-electron chi connectivity index (χ3n) is 4.51. The lowest BCUT2D eigenvalue weighted by molar-refractivity contribution is 0.0526. The minimum atomic E-state index is -0.347. The second-order valence-corrected chi connectivity index (χ2v) is 8.26. The molecular weight excluding hydrogens is 406 g/mol. The van der Waals surface area contributed by atoms with Crippen molar-refractivity contribution in [1.82, 2.24) is 9.88 Å². The van der Waals surface area contributed by atoms with Gasteiger partial charge in [0.25, 0.3) is 0 Å². The fraction of sp³-hybridized carbons (Fsp3) is 0.190. The van der Waals surface area contributed by atoms with Gasteiger partial charge in [0, 0.05) is 11.9 Å². The zero-order valence-corrected chi connectivity index (χ0v) is 17.3. The summed E-state index contributed by atoms with van der Waals surface area (Å²) in [6.45, 7) is 2.83. The summed E-state index contributed by atoms with van der Waals surface area (Å²) in [5.41, 5.74) is 2.79. The van der Waals surface area contributed by atoms with Crippen molar-refractivity contribution in [3.63, 3.8) is 0 Å². The van der Waals surface area contributed by atoms with Crippen LogP contribution in [0, 0.1) is 5.41 Å². The molecule has 0 fully saturated rings. The standard InChI is InChI=1S/C21H19N3O3S2/c1-2-27-21(26)14-7-5-13(6-8-14)10-24-11-16(25)18(19(24)22)20-23-15(12-29-20)17-4-3-9-28-17/h3-9,12,22,25H,2,10-11H2,1H3. The minimum absolute atomic E-state index is 0.158. The van der Waals surface area contributed by atoms with Crippen molar-refractivity contribution in [2.24, 2.45) is 0 Å². The molecule has 2 N–H and O–H groups in total. The third kappa shape index (κ3) is 3.94. The molecule has 0 bridgehead atoms. The number of thiazole rings is 1. The molecule has 6 nitrogen and oxygen atoms in total. The van der Waals surface area contributed by atoms with Crippen molar-refractivity contribution >= 4 is 40.1 Å². The number of hydrogen-bond donors (Lipinski definition) is 2. The van der Waals surface area contributed by atoms with E-state index in [0.717, 1.165) is 16.1 Å². The summed E-state index contributed by atoms with van der Waals surface area (Å²) in [4.78, 5) is 19.2. The summed E-state index contributed by atoms with van der Waals surface area (Å²) in [5.74, 6) is 0.0640. The zero-order valence-electron chi connectivity index (χ0n) is 15.7. The number of nitrogens with one attached hydrogen (secondary N) is 1. The second-order valence-electron chi connectivity index (χ2n) is 6.46. The molecule has 148 valence electrons. The first-order valence-corrected chi connectivity index (χ1v) is 10.8. The minimum Gasteiger partial charge on any atom is -0.510 e. The fourth-order valence-corrected chi connectivity index (χ4v) is 4.75. The number of thiophene rings is 1. The summed E-state index contributed by atoms with van der Waals surface area (Å²) >= 11 is 3.04. The number of hydrogen-bond acceptors (Lipinski definition) is 7. The Morgan fingerprint density at radius 1 is 1.28 bits per heavy atom. The van der Waals surface area contributed by atoms with Crippen LogP contribution in [0.5, 0.6) is 0 Å². The van der Waals surface area contributed by atoms with Crippen molar-refractivity contribution in [3.05, 3.63) is 69.1 Å². The Labute approximate surface area is 176 Å². The first kappa shape index (κ1) is 19.4. The van der Waals surface area contributed by atoms with Crippen LogP contribution in [0.15, 0.2) is 52.9 Å². The van der Waals surface area contributed by atoms with Gasteiger partial charge in [-0.05, 0) is 36.1 Å². The highest BCUT2D eigenvalue weighted by molar-refractivity contribution is 7.14. The van der Waals surface area contributed by atoms with Crippen LogP contribution in [0.3, 0.4) is 0 Å². The fourth-order valence-electron chi connectivity index (χ4n) is 3.10. The average Bonchev–Trinajstić information content (AvgIpc) is 3.44. The monoisotopic (exact) mass is 425 g/mol. The molecule has 0 saturated carbocycles. The molecule has 29 heavy (non-hydrogen) atoms. The van der Waals surface area contributed by atoms with E-state index in [-0.39, 0.29) is 24.1 Å². The van der Waals surface area contributed by atoms with Crippen LogP contribution in [0.2, 0.25) is 0 Å². The summed E-state index contributed by atoms with van der Waals surface area (Å²) in [5, 5.41) is 23.6. The molecule has 0 aliphatic carbocycles. The number of aliphatic hydroxyl groups excluding tert-OH is 1. The molecular formula is C21H19N3O3S2. The smallest absolute Gasteiger partial charge is 0.338 e. The van der Waals surface area contributed by atoms with E-state index in [2.05, 4.69) is 4.98 Å². The molecule has 8 heteroatoms. The highest BCUT2D eigenvalue weighted by Gasteiger charge is 2.30. The number of aromatic nitrogens is 1. The highest BCUT2D eigenvalue weighted by atomic mass is 32.1. The molecule has 0 saturated heterocycles. The second kappa shape index (κ2) is 8.18. The Morgan fingerprint density at radius 3 is 2.76 bits per heavy atom. The van der Waals surface area contributed by atoms with Crippen LogP contribution in [0.4, 0.5) is 0 Å². The van der Waals surface area contributed by atoms with Gasteiger partial charge >= 0.3 is 5.97 Å². The molecule has 4 rings (SSSR count). The molecule has 0 atom stereocenters. The Kier molecular flexibility index (Phi) is 5.46. The van der Waals surface area contributed by atoms with Crippen molar-refractivity contribution in [2.75, 3.05) is 13.2 Å². The van der Waals surface area contributed by atoms with Gasteiger partial charge in [0.1, 0.15) is 16.6 Å². The molecule has 3 heterocycles. The van der Waals surface area contributed by atoms with Crippen LogP contribution in [-0.4, -0.2) is 39.9 Å².